The van der Waals surface area contributed by atoms with Crippen LogP contribution in [0, 0.1) is 20.2 Å². The minimum absolute atomic E-state index is 0.460. The van der Waals surface area contributed by atoms with Crippen molar-refractivity contribution in [1.29, 1.82) is 0 Å². The molecule has 0 saturated heterocycles. The van der Waals surface area contributed by atoms with Gasteiger partial charge in [0.15, 0.2) is 0 Å². The molecular formula is C12H9N3O4. The lowest BCUT2D eigenvalue weighted by molar-refractivity contribution is -0.422. The second-order valence-electron chi connectivity index (χ2n) is 3.87. The highest BCUT2D eigenvalue weighted by molar-refractivity contribution is 5.54. The van der Waals surface area contributed by atoms with Gasteiger partial charge in [0.2, 0.25) is 0 Å². The van der Waals surface area contributed by atoms with Crippen LogP contribution >= 0.6 is 0 Å². The Morgan fingerprint density at radius 1 is 0.895 bits per heavy atom. The number of hydrogen-bond donors (Lipinski definition) is 0. The van der Waals surface area contributed by atoms with Crippen LogP contribution < -0.4 is 0 Å². The molecule has 2 aromatic rings. The molecule has 0 saturated carbocycles. The van der Waals surface area contributed by atoms with Crippen molar-refractivity contribution >= 4 is 11.4 Å². The Morgan fingerprint density at radius 3 is 2.11 bits per heavy atom. The summed E-state index contributed by atoms with van der Waals surface area (Å²) in [5.41, 5.74) is 0.585. The zero-order chi connectivity index (χ0) is 13.8. The van der Waals surface area contributed by atoms with Gasteiger partial charge in [0.1, 0.15) is 0 Å². The number of aromatic nitrogens is 1. The number of benzene rings is 1. The zero-order valence-electron chi connectivity index (χ0n) is 9.72. The lowest BCUT2D eigenvalue weighted by atomic mass is 10.0. The van der Waals surface area contributed by atoms with E-state index in [0.29, 0.717) is 12.0 Å². The minimum atomic E-state index is -0.756. The molecule has 0 aliphatic heterocycles. The molecule has 1 aromatic heterocycles. The average molecular weight is 259 g/mol. The molecule has 0 N–H and O–H groups in total. The van der Waals surface area contributed by atoms with Crippen LogP contribution in [-0.2, 0) is 6.42 Å². The van der Waals surface area contributed by atoms with Crippen molar-refractivity contribution in [3.63, 3.8) is 0 Å². The van der Waals surface area contributed by atoms with Crippen molar-refractivity contribution in [2.75, 3.05) is 0 Å². The largest absolute Gasteiger partial charge is 0.346 e. The third-order valence-corrected chi connectivity index (χ3v) is 2.59. The summed E-state index contributed by atoms with van der Waals surface area (Å²) in [6.45, 7) is 0. The van der Waals surface area contributed by atoms with Crippen LogP contribution in [0.1, 0.15) is 11.1 Å². The summed E-state index contributed by atoms with van der Waals surface area (Å²) in [6, 6.07) is 7.49. The Kier molecular flexibility index (Phi) is 3.46. The van der Waals surface area contributed by atoms with Gasteiger partial charge in [0, 0.05) is 24.5 Å². The van der Waals surface area contributed by atoms with E-state index in [1.807, 2.05) is 0 Å². The molecule has 19 heavy (non-hydrogen) atoms. The van der Waals surface area contributed by atoms with E-state index in [1.54, 1.807) is 24.5 Å². The predicted molar refractivity (Wildman–Crippen MR) is 66.8 cm³/mol. The average Bonchev–Trinajstić information content (AvgIpc) is 2.39. The van der Waals surface area contributed by atoms with Gasteiger partial charge in [-0.25, -0.2) is 0 Å². The van der Waals surface area contributed by atoms with Crippen molar-refractivity contribution in [1.82, 2.24) is 4.98 Å². The molecule has 0 spiro atoms. The van der Waals surface area contributed by atoms with Gasteiger partial charge in [0.05, 0.1) is 9.85 Å². The summed E-state index contributed by atoms with van der Waals surface area (Å²) in [4.78, 5) is 23.9. The van der Waals surface area contributed by atoms with Gasteiger partial charge < -0.3 is 0 Å². The summed E-state index contributed by atoms with van der Waals surface area (Å²) in [6.07, 6.45) is 3.70. The first kappa shape index (κ1) is 12.6. The molecule has 0 radical (unpaired) electrons. The van der Waals surface area contributed by atoms with Gasteiger partial charge in [-0.15, -0.1) is 0 Å². The number of nitro benzene ring substituents is 2. The first-order valence-electron chi connectivity index (χ1n) is 5.38. The van der Waals surface area contributed by atoms with E-state index in [2.05, 4.69) is 4.98 Å². The van der Waals surface area contributed by atoms with Crippen molar-refractivity contribution < 1.29 is 9.85 Å². The number of nitro groups is 2. The Balaban J connectivity index is 2.36. The third kappa shape index (κ3) is 2.89. The maximum Gasteiger partial charge on any atom is 0.346 e. The van der Waals surface area contributed by atoms with Crippen LogP contribution in [0.25, 0.3) is 0 Å². The SMILES string of the molecule is O=[N+]([O-])c1ccc(Cc2ccncc2)cc1[N+](=O)[O-]. The molecule has 7 nitrogen and oxygen atoms in total. The molecule has 0 fully saturated rings. The lowest BCUT2D eigenvalue weighted by Crippen LogP contribution is -1.98. The first-order valence-corrected chi connectivity index (χ1v) is 5.38. The number of rotatable bonds is 4. The minimum Gasteiger partial charge on any atom is -0.265 e. The van der Waals surface area contributed by atoms with Gasteiger partial charge in [-0.05, 0) is 29.7 Å². The molecule has 0 bridgehead atoms. The molecule has 1 heterocycles. The molecule has 2 rings (SSSR count). The Bertz CT molecular complexity index is 628. The van der Waals surface area contributed by atoms with Crippen molar-refractivity contribution in [2.24, 2.45) is 0 Å². The predicted octanol–water partition coefficient (Wildman–Crippen LogP) is 2.49. The second-order valence-corrected chi connectivity index (χ2v) is 3.87. The van der Waals surface area contributed by atoms with Crippen LogP contribution in [0.15, 0.2) is 42.7 Å². The Morgan fingerprint density at radius 2 is 1.53 bits per heavy atom. The highest BCUT2D eigenvalue weighted by Crippen LogP contribution is 2.28. The van der Waals surface area contributed by atoms with Crippen LogP contribution in [-0.4, -0.2) is 14.8 Å². The van der Waals surface area contributed by atoms with Crippen molar-refractivity contribution in [3.05, 3.63) is 74.1 Å². The summed E-state index contributed by atoms with van der Waals surface area (Å²) >= 11 is 0. The van der Waals surface area contributed by atoms with Gasteiger partial charge in [-0.2, -0.15) is 0 Å². The highest BCUT2D eigenvalue weighted by Gasteiger charge is 2.23. The smallest absolute Gasteiger partial charge is 0.265 e. The van der Waals surface area contributed by atoms with Crippen molar-refractivity contribution in [3.8, 4) is 0 Å². The fourth-order valence-corrected chi connectivity index (χ4v) is 1.72. The number of nitrogens with zero attached hydrogens (tertiary/aromatic N) is 3. The normalized spacial score (nSPS) is 10.1. The molecule has 7 heteroatoms. The van der Waals surface area contributed by atoms with E-state index >= 15 is 0 Å². The second kappa shape index (κ2) is 5.21. The van der Waals surface area contributed by atoms with Crippen LogP contribution in [0.4, 0.5) is 11.4 Å². The molecule has 0 atom stereocenters. The number of pyridine rings is 1. The highest BCUT2D eigenvalue weighted by atomic mass is 16.6. The third-order valence-electron chi connectivity index (χ3n) is 2.59. The Labute approximate surface area is 107 Å². The van der Waals surface area contributed by atoms with Crippen LogP contribution in [0.3, 0.4) is 0 Å². The number of hydrogen-bond acceptors (Lipinski definition) is 5. The van der Waals surface area contributed by atoms with E-state index in [-0.39, 0.29) is 0 Å². The molecule has 0 amide bonds. The van der Waals surface area contributed by atoms with E-state index in [4.69, 9.17) is 0 Å². The first-order chi connectivity index (χ1) is 9.08. The van der Waals surface area contributed by atoms with Crippen LogP contribution in [0.5, 0.6) is 0 Å². The fraction of sp³-hybridized carbons (Fsp3) is 0.0833. The van der Waals surface area contributed by atoms with Gasteiger partial charge in [-0.1, -0.05) is 6.07 Å². The van der Waals surface area contributed by atoms with E-state index < -0.39 is 21.2 Å². The quantitative estimate of drug-likeness (QED) is 0.620. The topological polar surface area (TPSA) is 99.2 Å². The zero-order valence-corrected chi connectivity index (χ0v) is 9.72. The lowest BCUT2D eigenvalue weighted by Gasteiger charge is -2.02. The molecule has 0 aliphatic carbocycles. The monoisotopic (exact) mass is 259 g/mol. The molecule has 96 valence electrons. The van der Waals surface area contributed by atoms with E-state index in [9.17, 15) is 20.2 Å². The molecular weight excluding hydrogens is 250 g/mol. The van der Waals surface area contributed by atoms with Crippen LogP contribution in [0.2, 0.25) is 0 Å². The summed E-state index contributed by atoms with van der Waals surface area (Å²) in [5.74, 6) is 0. The fourth-order valence-electron chi connectivity index (χ4n) is 1.72. The maximum atomic E-state index is 10.8. The summed E-state index contributed by atoms with van der Waals surface area (Å²) < 4.78 is 0. The van der Waals surface area contributed by atoms with Crippen molar-refractivity contribution in [2.45, 2.75) is 6.42 Å². The van der Waals surface area contributed by atoms with E-state index in [1.165, 1.54) is 12.1 Å². The Hall–Kier alpha value is -2.83. The standard InChI is InChI=1S/C12H9N3O4/c16-14(17)11-2-1-10(8-12(11)15(18)19)7-9-3-5-13-6-4-9/h1-6,8H,7H2. The van der Waals surface area contributed by atoms with E-state index in [0.717, 1.165) is 11.6 Å². The molecule has 0 unspecified atom stereocenters. The van der Waals surface area contributed by atoms with Gasteiger partial charge in [-0.3, -0.25) is 25.2 Å². The molecule has 0 aliphatic rings. The molecule has 1 aromatic carbocycles. The van der Waals surface area contributed by atoms with Gasteiger partial charge in [0.25, 0.3) is 0 Å². The summed E-state index contributed by atoms with van der Waals surface area (Å²) in [5, 5.41) is 21.5. The maximum absolute atomic E-state index is 10.8. The summed E-state index contributed by atoms with van der Waals surface area (Å²) in [7, 11) is 0. The van der Waals surface area contributed by atoms with Gasteiger partial charge >= 0.3 is 11.4 Å².